The predicted octanol–water partition coefficient (Wildman–Crippen LogP) is 5.18. The summed E-state index contributed by atoms with van der Waals surface area (Å²) in [5.74, 6) is -1.07. The summed E-state index contributed by atoms with van der Waals surface area (Å²) in [6, 6.07) is 11.6. The van der Waals surface area contributed by atoms with Crippen molar-refractivity contribution in [3.8, 4) is 21.8 Å². The van der Waals surface area contributed by atoms with Crippen LogP contribution in [0.1, 0.15) is 17.4 Å². The van der Waals surface area contributed by atoms with Gasteiger partial charge in [-0.2, -0.15) is 11.3 Å². The zero-order valence-electron chi connectivity index (χ0n) is 15.2. The van der Waals surface area contributed by atoms with Crippen molar-refractivity contribution < 1.29 is 14.3 Å². The minimum absolute atomic E-state index is 0.191. The summed E-state index contributed by atoms with van der Waals surface area (Å²) in [6.07, 6.45) is -0.974. The van der Waals surface area contributed by atoms with Crippen LogP contribution < -0.4 is 5.32 Å². The number of hydrogen-bond donors (Lipinski definition) is 1. The zero-order chi connectivity index (χ0) is 20.2. The van der Waals surface area contributed by atoms with Crippen molar-refractivity contribution in [2.24, 2.45) is 0 Å². The topological polar surface area (TPSA) is 81.2 Å². The molecule has 146 valence electrons. The number of aromatic nitrogens is 2. The molecule has 1 aromatic carbocycles. The van der Waals surface area contributed by atoms with Crippen LogP contribution in [-0.2, 0) is 9.53 Å². The predicted molar refractivity (Wildman–Crippen MR) is 116 cm³/mol. The van der Waals surface area contributed by atoms with Gasteiger partial charge < -0.3 is 4.74 Å². The number of nitrogens with zero attached hydrogens (tertiary/aromatic N) is 2. The molecule has 6 nitrogen and oxygen atoms in total. The summed E-state index contributed by atoms with van der Waals surface area (Å²) in [5.41, 5.74) is 2.90. The average Bonchev–Trinajstić information content (AvgIpc) is 3.49. The number of thiophene rings is 1. The fourth-order valence-electron chi connectivity index (χ4n) is 2.44. The highest BCUT2D eigenvalue weighted by atomic mass is 32.1. The number of nitrogens with one attached hydrogen (secondary N) is 1. The molecular formula is C20H15N3O3S3. The van der Waals surface area contributed by atoms with Gasteiger partial charge in [0.2, 0.25) is 0 Å². The minimum Gasteiger partial charge on any atom is -0.448 e. The number of ether oxygens (including phenoxy) is 1. The van der Waals surface area contributed by atoms with E-state index in [1.54, 1.807) is 16.7 Å². The van der Waals surface area contributed by atoms with E-state index in [2.05, 4.69) is 15.3 Å². The molecule has 1 unspecified atom stereocenters. The molecule has 29 heavy (non-hydrogen) atoms. The van der Waals surface area contributed by atoms with Crippen LogP contribution in [-0.4, -0.2) is 27.9 Å². The minimum atomic E-state index is -0.974. The standard InChI is InChI=1S/C20H15N3O3S3/c1-12(26-19(25)16-11-28-18(21-16)14-7-8-27-9-14)17(24)23-20-22-15(10-29-20)13-5-3-2-4-6-13/h2-12H,1H3,(H,22,23,24). The maximum atomic E-state index is 12.4. The normalized spacial score (nSPS) is 11.8. The highest BCUT2D eigenvalue weighted by Gasteiger charge is 2.22. The summed E-state index contributed by atoms with van der Waals surface area (Å²) in [5, 5.41) is 11.3. The number of benzene rings is 1. The van der Waals surface area contributed by atoms with E-state index in [0.29, 0.717) is 5.13 Å². The van der Waals surface area contributed by atoms with Crippen molar-refractivity contribution in [2.45, 2.75) is 13.0 Å². The molecule has 0 radical (unpaired) electrons. The fourth-order valence-corrected chi connectivity index (χ4v) is 4.66. The van der Waals surface area contributed by atoms with Gasteiger partial charge in [-0.3, -0.25) is 10.1 Å². The van der Waals surface area contributed by atoms with E-state index in [0.717, 1.165) is 21.8 Å². The largest absolute Gasteiger partial charge is 0.448 e. The van der Waals surface area contributed by atoms with Crippen LogP contribution in [0.4, 0.5) is 5.13 Å². The first kappa shape index (κ1) is 19.4. The van der Waals surface area contributed by atoms with Gasteiger partial charge in [-0.05, 0) is 18.4 Å². The lowest BCUT2D eigenvalue weighted by Gasteiger charge is -2.11. The Morgan fingerprint density at radius 1 is 1.00 bits per heavy atom. The third-order valence-electron chi connectivity index (χ3n) is 3.94. The first-order valence-electron chi connectivity index (χ1n) is 8.61. The van der Waals surface area contributed by atoms with Crippen molar-refractivity contribution in [1.29, 1.82) is 0 Å². The zero-order valence-corrected chi connectivity index (χ0v) is 17.6. The highest BCUT2D eigenvalue weighted by molar-refractivity contribution is 7.14. The number of rotatable bonds is 6. The van der Waals surface area contributed by atoms with Crippen molar-refractivity contribution in [1.82, 2.24) is 9.97 Å². The number of carbonyl (C=O) groups is 2. The smallest absolute Gasteiger partial charge is 0.358 e. The number of hydrogen-bond acceptors (Lipinski definition) is 8. The highest BCUT2D eigenvalue weighted by Crippen LogP contribution is 2.27. The Kier molecular flexibility index (Phi) is 5.79. The van der Waals surface area contributed by atoms with E-state index >= 15 is 0 Å². The Morgan fingerprint density at radius 2 is 1.83 bits per heavy atom. The molecule has 0 saturated carbocycles. The molecule has 4 rings (SSSR count). The second-order valence-electron chi connectivity index (χ2n) is 5.99. The Morgan fingerprint density at radius 3 is 2.59 bits per heavy atom. The van der Waals surface area contributed by atoms with E-state index in [1.165, 1.54) is 29.6 Å². The molecule has 9 heteroatoms. The number of carbonyl (C=O) groups excluding carboxylic acids is 2. The number of esters is 1. The Bertz CT molecular complexity index is 1120. The number of anilines is 1. The van der Waals surface area contributed by atoms with Gasteiger partial charge in [0.1, 0.15) is 5.01 Å². The van der Waals surface area contributed by atoms with Crippen molar-refractivity contribution >= 4 is 51.0 Å². The van der Waals surface area contributed by atoms with E-state index < -0.39 is 18.0 Å². The molecule has 4 aromatic rings. The van der Waals surface area contributed by atoms with Crippen LogP contribution in [0, 0.1) is 0 Å². The molecule has 1 atom stereocenters. The summed E-state index contributed by atoms with van der Waals surface area (Å²) < 4.78 is 5.27. The maximum absolute atomic E-state index is 12.4. The molecule has 1 N–H and O–H groups in total. The van der Waals surface area contributed by atoms with E-state index in [9.17, 15) is 9.59 Å². The molecule has 0 aliphatic carbocycles. The molecule has 0 fully saturated rings. The van der Waals surface area contributed by atoms with Gasteiger partial charge in [-0.15, -0.1) is 22.7 Å². The summed E-state index contributed by atoms with van der Waals surface area (Å²) in [7, 11) is 0. The molecule has 0 aliphatic rings. The van der Waals surface area contributed by atoms with Crippen molar-refractivity contribution in [3.63, 3.8) is 0 Å². The van der Waals surface area contributed by atoms with Crippen LogP contribution in [0.2, 0.25) is 0 Å². The van der Waals surface area contributed by atoms with Crippen LogP contribution in [0.25, 0.3) is 21.8 Å². The van der Waals surface area contributed by atoms with Crippen LogP contribution in [0.15, 0.2) is 57.9 Å². The SMILES string of the molecule is CC(OC(=O)c1csc(-c2ccsc2)n1)C(=O)Nc1nc(-c2ccccc2)cs1. The molecule has 0 saturated heterocycles. The van der Waals surface area contributed by atoms with Gasteiger partial charge in [0.15, 0.2) is 16.9 Å². The number of amides is 1. The second-order valence-corrected chi connectivity index (χ2v) is 8.49. The molecule has 0 aliphatic heterocycles. The lowest BCUT2D eigenvalue weighted by Crippen LogP contribution is -2.30. The van der Waals surface area contributed by atoms with Crippen molar-refractivity contribution in [2.75, 3.05) is 5.32 Å². The van der Waals surface area contributed by atoms with Gasteiger partial charge >= 0.3 is 5.97 Å². The quantitative estimate of drug-likeness (QED) is 0.417. The first-order chi connectivity index (χ1) is 14.1. The van der Waals surface area contributed by atoms with E-state index in [4.69, 9.17) is 4.74 Å². The summed E-state index contributed by atoms with van der Waals surface area (Å²) in [4.78, 5) is 33.4. The lowest BCUT2D eigenvalue weighted by molar-refractivity contribution is -0.123. The lowest BCUT2D eigenvalue weighted by atomic mass is 10.2. The van der Waals surface area contributed by atoms with Crippen LogP contribution in [0.3, 0.4) is 0 Å². The molecular weight excluding hydrogens is 426 g/mol. The maximum Gasteiger partial charge on any atom is 0.358 e. The van der Waals surface area contributed by atoms with Crippen LogP contribution >= 0.6 is 34.0 Å². The summed E-state index contributed by atoms with van der Waals surface area (Å²) in [6.45, 7) is 1.52. The first-order valence-corrected chi connectivity index (χ1v) is 11.3. The second kappa shape index (κ2) is 8.64. The van der Waals surface area contributed by atoms with Gasteiger partial charge in [-0.25, -0.2) is 14.8 Å². The van der Waals surface area contributed by atoms with Gasteiger partial charge in [0.25, 0.3) is 5.91 Å². The third kappa shape index (κ3) is 4.58. The molecule has 3 aromatic heterocycles. The van der Waals surface area contributed by atoms with Crippen molar-refractivity contribution in [3.05, 3.63) is 63.6 Å². The molecule has 0 bridgehead atoms. The Labute approximate surface area is 178 Å². The number of thiazole rings is 2. The van der Waals surface area contributed by atoms with Gasteiger partial charge in [0.05, 0.1) is 5.69 Å². The van der Waals surface area contributed by atoms with Gasteiger partial charge in [0, 0.05) is 27.3 Å². The third-order valence-corrected chi connectivity index (χ3v) is 6.27. The summed E-state index contributed by atoms with van der Waals surface area (Å²) >= 11 is 4.23. The molecule has 0 spiro atoms. The fraction of sp³-hybridized carbons (Fsp3) is 0.100. The average molecular weight is 442 g/mol. The van der Waals surface area contributed by atoms with E-state index in [-0.39, 0.29) is 5.69 Å². The Balaban J connectivity index is 1.36. The van der Waals surface area contributed by atoms with Crippen LogP contribution in [0.5, 0.6) is 0 Å². The monoisotopic (exact) mass is 441 g/mol. The van der Waals surface area contributed by atoms with E-state index in [1.807, 2.05) is 52.5 Å². The molecule has 3 heterocycles. The molecule has 1 amide bonds. The Hall–Kier alpha value is -2.88. The van der Waals surface area contributed by atoms with Gasteiger partial charge in [-0.1, -0.05) is 30.3 Å².